The van der Waals surface area contributed by atoms with Crippen LogP contribution in [0.1, 0.15) is 32.1 Å². The maximum Gasteiger partial charge on any atom is 0.317 e. The molecule has 2 fully saturated rings. The first kappa shape index (κ1) is 11.2. The molecule has 90 valence electrons. The summed E-state index contributed by atoms with van der Waals surface area (Å²) in [4.78, 5) is 23.9. The number of carbonyl (C=O) groups excluding carboxylic acids is 1. The summed E-state index contributed by atoms with van der Waals surface area (Å²) in [5.41, 5.74) is 0. The molecule has 1 atom stereocenters. The smallest absolute Gasteiger partial charge is 0.317 e. The molecule has 0 aromatic heterocycles. The molecule has 5 nitrogen and oxygen atoms in total. The van der Waals surface area contributed by atoms with Crippen LogP contribution in [0.25, 0.3) is 0 Å². The standard InChI is InChI=1S/C11H18N2O3/c14-10(15)4-1-8-5-6-13(7-8)11(16)12-9-2-3-9/h8-9H,1-7H2,(H,12,16)(H,14,15). The summed E-state index contributed by atoms with van der Waals surface area (Å²) in [6, 6.07) is 0.422. The molecule has 1 unspecified atom stereocenters. The lowest BCUT2D eigenvalue weighted by Gasteiger charge is -2.16. The summed E-state index contributed by atoms with van der Waals surface area (Å²) < 4.78 is 0. The topological polar surface area (TPSA) is 69.6 Å². The molecule has 2 N–H and O–H groups in total. The first-order valence-electron chi connectivity index (χ1n) is 5.92. The van der Waals surface area contributed by atoms with Crippen LogP contribution in [0, 0.1) is 5.92 Å². The minimum absolute atomic E-state index is 0.0281. The molecule has 1 aliphatic carbocycles. The van der Waals surface area contributed by atoms with E-state index in [4.69, 9.17) is 5.11 Å². The third kappa shape index (κ3) is 3.12. The van der Waals surface area contributed by atoms with Crippen molar-refractivity contribution in [2.24, 2.45) is 5.92 Å². The zero-order valence-electron chi connectivity index (χ0n) is 9.32. The number of nitrogens with one attached hydrogen (secondary N) is 1. The second-order valence-electron chi connectivity index (χ2n) is 4.76. The molecule has 1 aliphatic heterocycles. The van der Waals surface area contributed by atoms with E-state index in [1.807, 2.05) is 4.90 Å². The Labute approximate surface area is 94.8 Å². The summed E-state index contributed by atoms with van der Waals surface area (Å²) in [6.45, 7) is 1.48. The van der Waals surface area contributed by atoms with Gasteiger partial charge in [0.25, 0.3) is 0 Å². The van der Waals surface area contributed by atoms with Crippen LogP contribution in [-0.4, -0.2) is 41.1 Å². The van der Waals surface area contributed by atoms with Crippen molar-refractivity contribution in [1.29, 1.82) is 0 Å². The molecule has 0 bridgehead atoms. The van der Waals surface area contributed by atoms with E-state index < -0.39 is 5.97 Å². The number of carboxylic acid groups (broad SMARTS) is 1. The lowest BCUT2D eigenvalue weighted by Crippen LogP contribution is -2.39. The van der Waals surface area contributed by atoms with Crippen molar-refractivity contribution >= 4 is 12.0 Å². The fourth-order valence-corrected chi connectivity index (χ4v) is 2.07. The van der Waals surface area contributed by atoms with Crippen molar-refractivity contribution < 1.29 is 14.7 Å². The highest BCUT2D eigenvalue weighted by Crippen LogP contribution is 2.23. The van der Waals surface area contributed by atoms with Gasteiger partial charge in [0, 0.05) is 25.6 Å². The SMILES string of the molecule is O=C(O)CCC1CCN(C(=O)NC2CC2)C1. The molecule has 0 radical (unpaired) electrons. The monoisotopic (exact) mass is 226 g/mol. The minimum atomic E-state index is -0.749. The van der Waals surface area contributed by atoms with Crippen LogP contribution in [0.2, 0.25) is 0 Å². The molecule has 2 amide bonds. The molecule has 5 heteroatoms. The van der Waals surface area contributed by atoms with Gasteiger partial charge in [-0.05, 0) is 31.6 Å². The van der Waals surface area contributed by atoms with Gasteiger partial charge in [0.05, 0.1) is 0 Å². The minimum Gasteiger partial charge on any atom is -0.481 e. The van der Waals surface area contributed by atoms with E-state index in [0.29, 0.717) is 24.9 Å². The van der Waals surface area contributed by atoms with Crippen LogP contribution < -0.4 is 5.32 Å². The summed E-state index contributed by atoms with van der Waals surface area (Å²) in [5.74, 6) is -0.387. The molecule has 1 heterocycles. The zero-order valence-corrected chi connectivity index (χ0v) is 9.32. The van der Waals surface area contributed by atoms with Gasteiger partial charge < -0.3 is 15.3 Å². The molecule has 0 aromatic carbocycles. The van der Waals surface area contributed by atoms with Crippen LogP contribution in [0.15, 0.2) is 0 Å². The van der Waals surface area contributed by atoms with Gasteiger partial charge in [-0.3, -0.25) is 4.79 Å². The van der Waals surface area contributed by atoms with Crippen LogP contribution in [0.3, 0.4) is 0 Å². The van der Waals surface area contributed by atoms with Gasteiger partial charge in [-0.25, -0.2) is 4.79 Å². The van der Waals surface area contributed by atoms with Crippen molar-refractivity contribution in [1.82, 2.24) is 10.2 Å². The van der Waals surface area contributed by atoms with Gasteiger partial charge >= 0.3 is 12.0 Å². The highest BCUT2D eigenvalue weighted by Gasteiger charge is 2.30. The number of rotatable bonds is 4. The van der Waals surface area contributed by atoms with E-state index in [-0.39, 0.29) is 12.5 Å². The number of hydrogen-bond acceptors (Lipinski definition) is 2. The van der Waals surface area contributed by atoms with Crippen molar-refractivity contribution in [3.63, 3.8) is 0 Å². The first-order valence-corrected chi connectivity index (χ1v) is 5.92. The van der Waals surface area contributed by atoms with Gasteiger partial charge in [-0.15, -0.1) is 0 Å². The molecule has 0 spiro atoms. The lowest BCUT2D eigenvalue weighted by atomic mass is 10.0. The highest BCUT2D eigenvalue weighted by molar-refractivity contribution is 5.75. The Morgan fingerprint density at radius 1 is 1.31 bits per heavy atom. The summed E-state index contributed by atoms with van der Waals surface area (Å²) in [5, 5.41) is 11.5. The molecular formula is C11H18N2O3. The third-order valence-electron chi connectivity index (χ3n) is 3.24. The molecule has 2 aliphatic rings. The van der Waals surface area contributed by atoms with Gasteiger partial charge in [-0.1, -0.05) is 0 Å². The van der Waals surface area contributed by atoms with Crippen LogP contribution in [-0.2, 0) is 4.79 Å². The Morgan fingerprint density at radius 3 is 2.69 bits per heavy atom. The second kappa shape index (κ2) is 4.72. The Morgan fingerprint density at radius 2 is 2.06 bits per heavy atom. The van der Waals surface area contributed by atoms with E-state index in [9.17, 15) is 9.59 Å². The van der Waals surface area contributed by atoms with E-state index in [2.05, 4.69) is 5.32 Å². The van der Waals surface area contributed by atoms with E-state index >= 15 is 0 Å². The summed E-state index contributed by atoms with van der Waals surface area (Å²) in [6.07, 6.45) is 4.03. The quantitative estimate of drug-likeness (QED) is 0.752. The molecule has 1 saturated carbocycles. The number of nitrogens with zero attached hydrogens (tertiary/aromatic N) is 1. The van der Waals surface area contributed by atoms with Gasteiger partial charge in [0.15, 0.2) is 0 Å². The maximum atomic E-state index is 11.7. The highest BCUT2D eigenvalue weighted by atomic mass is 16.4. The average Bonchev–Trinajstić information content (AvgIpc) is 2.92. The molecule has 16 heavy (non-hydrogen) atoms. The van der Waals surface area contributed by atoms with Crippen LogP contribution in [0.4, 0.5) is 4.79 Å². The van der Waals surface area contributed by atoms with E-state index in [0.717, 1.165) is 25.8 Å². The summed E-state index contributed by atoms with van der Waals surface area (Å²) in [7, 11) is 0. The van der Waals surface area contributed by atoms with Crippen molar-refractivity contribution in [3.8, 4) is 0 Å². The van der Waals surface area contributed by atoms with Crippen LogP contribution in [0.5, 0.6) is 0 Å². The number of carbonyl (C=O) groups is 2. The van der Waals surface area contributed by atoms with Crippen molar-refractivity contribution in [2.45, 2.75) is 38.1 Å². The van der Waals surface area contributed by atoms with E-state index in [1.165, 1.54) is 0 Å². The predicted octanol–water partition coefficient (Wildman–Crippen LogP) is 1.05. The normalized spacial score (nSPS) is 24.5. The van der Waals surface area contributed by atoms with Crippen LogP contribution >= 0.6 is 0 Å². The number of urea groups is 1. The Balaban J connectivity index is 1.69. The second-order valence-corrected chi connectivity index (χ2v) is 4.76. The van der Waals surface area contributed by atoms with Gasteiger partial charge in [-0.2, -0.15) is 0 Å². The third-order valence-corrected chi connectivity index (χ3v) is 3.24. The lowest BCUT2D eigenvalue weighted by molar-refractivity contribution is -0.137. The Bertz CT molecular complexity index is 289. The zero-order chi connectivity index (χ0) is 11.5. The first-order chi connectivity index (χ1) is 7.65. The average molecular weight is 226 g/mol. The number of amides is 2. The molecule has 2 rings (SSSR count). The Kier molecular flexibility index (Phi) is 3.31. The number of aliphatic carboxylic acids is 1. The number of hydrogen-bond donors (Lipinski definition) is 2. The summed E-state index contributed by atoms with van der Waals surface area (Å²) >= 11 is 0. The number of likely N-dealkylation sites (tertiary alicyclic amines) is 1. The van der Waals surface area contributed by atoms with Crippen molar-refractivity contribution in [2.75, 3.05) is 13.1 Å². The van der Waals surface area contributed by atoms with Gasteiger partial charge in [0.2, 0.25) is 0 Å². The van der Waals surface area contributed by atoms with Gasteiger partial charge in [0.1, 0.15) is 0 Å². The van der Waals surface area contributed by atoms with E-state index in [1.54, 1.807) is 0 Å². The number of carboxylic acids is 1. The largest absolute Gasteiger partial charge is 0.481 e. The van der Waals surface area contributed by atoms with Crippen molar-refractivity contribution in [3.05, 3.63) is 0 Å². The molecular weight excluding hydrogens is 208 g/mol. The molecule has 0 aromatic rings. The Hall–Kier alpha value is -1.26. The fraction of sp³-hybridized carbons (Fsp3) is 0.818. The molecule has 1 saturated heterocycles. The predicted molar refractivity (Wildman–Crippen MR) is 58.1 cm³/mol. The fourth-order valence-electron chi connectivity index (χ4n) is 2.07. The maximum absolute atomic E-state index is 11.7.